The second-order valence-electron chi connectivity index (χ2n) is 4.95. The highest BCUT2D eigenvalue weighted by molar-refractivity contribution is 8.00. The normalized spacial score (nSPS) is 11.9. The van der Waals surface area contributed by atoms with E-state index in [1.807, 2.05) is 6.92 Å². The minimum atomic E-state index is -0.612. The van der Waals surface area contributed by atoms with Crippen LogP contribution in [0, 0.1) is 5.82 Å². The first-order chi connectivity index (χ1) is 10.9. The first-order valence-electron chi connectivity index (χ1n) is 7.51. The fraction of sp³-hybridized carbons (Fsp3) is 0.500. The van der Waals surface area contributed by atoms with Crippen LogP contribution in [0.2, 0.25) is 5.02 Å². The lowest BCUT2D eigenvalue weighted by Gasteiger charge is -2.14. The monoisotopic (exact) mass is 361 g/mol. The third kappa shape index (κ3) is 6.39. The predicted octanol–water partition coefficient (Wildman–Crippen LogP) is 4.65. The lowest BCUT2D eigenvalue weighted by molar-refractivity contribution is -0.142. The molecule has 0 saturated heterocycles. The zero-order chi connectivity index (χ0) is 17.4. The molecular weight excluding hydrogens is 341 g/mol. The number of hydrogen-bond acceptors (Lipinski definition) is 4. The van der Waals surface area contributed by atoms with Crippen molar-refractivity contribution >= 4 is 40.9 Å². The van der Waals surface area contributed by atoms with Gasteiger partial charge >= 0.3 is 5.97 Å². The molecule has 0 aliphatic heterocycles. The highest BCUT2D eigenvalue weighted by Gasteiger charge is 2.19. The van der Waals surface area contributed by atoms with Crippen molar-refractivity contribution in [2.45, 2.75) is 50.2 Å². The Morgan fingerprint density at radius 3 is 2.70 bits per heavy atom. The predicted molar refractivity (Wildman–Crippen MR) is 91.5 cm³/mol. The van der Waals surface area contributed by atoms with Crippen LogP contribution in [0.1, 0.15) is 40.0 Å². The molecule has 0 aromatic heterocycles. The van der Waals surface area contributed by atoms with E-state index in [2.05, 4.69) is 5.32 Å². The molecule has 1 aromatic carbocycles. The van der Waals surface area contributed by atoms with Crippen LogP contribution in [-0.2, 0) is 14.3 Å². The summed E-state index contributed by atoms with van der Waals surface area (Å²) in [7, 11) is 0. The van der Waals surface area contributed by atoms with Gasteiger partial charge in [0.15, 0.2) is 0 Å². The number of esters is 1. The Labute approximate surface area is 145 Å². The summed E-state index contributed by atoms with van der Waals surface area (Å²) in [6.45, 7) is 5.77. The van der Waals surface area contributed by atoms with Crippen LogP contribution in [-0.4, -0.2) is 23.7 Å². The summed E-state index contributed by atoms with van der Waals surface area (Å²) in [6.07, 6.45) is 2.00. The molecule has 0 radical (unpaired) electrons. The lowest BCUT2D eigenvalue weighted by Crippen LogP contribution is -2.17. The molecule has 0 heterocycles. The molecular formula is C16H21ClFNO3S. The maximum Gasteiger partial charge on any atom is 0.319 e. The molecule has 1 atom stereocenters. The molecule has 23 heavy (non-hydrogen) atoms. The number of benzene rings is 1. The van der Waals surface area contributed by atoms with Gasteiger partial charge in [-0.2, -0.15) is 0 Å². The number of anilines is 1. The summed E-state index contributed by atoms with van der Waals surface area (Å²) in [4.78, 5) is 23.8. The molecule has 0 fully saturated rings. The van der Waals surface area contributed by atoms with Crippen LogP contribution in [0.4, 0.5) is 10.1 Å². The fourth-order valence-corrected chi connectivity index (χ4v) is 2.81. The molecule has 0 aliphatic rings. The molecule has 4 nitrogen and oxygen atoms in total. The number of halogens is 2. The van der Waals surface area contributed by atoms with Crippen molar-refractivity contribution in [2.24, 2.45) is 0 Å². The molecule has 1 amide bonds. The van der Waals surface area contributed by atoms with E-state index >= 15 is 0 Å². The van der Waals surface area contributed by atoms with Crippen LogP contribution < -0.4 is 5.32 Å². The molecule has 0 spiro atoms. The van der Waals surface area contributed by atoms with E-state index in [-0.39, 0.29) is 29.0 Å². The zero-order valence-corrected chi connectivity index (χ0v) is 15.0. The van der Waals surface area contributed by atoms with E-state index in [1.54, 1.807) is 13.8 Å². The van der Waals surface area contributed by atoms with Crippen molar-refractivity contribution in [3.8, 4) is 0 Å². The van der Waals surface area contributed by atoms with Gasteiger partial charge in [-0.1, -0.05) is 31.9 Å². The Morgan fingerprint density at radius 2 is 2.09 bits per heavy atom. The average molecular weight is 362 g/mol. The van der Waals surface area contributed by atoms with E-state index in [0.717, 1.165) is 18.9 Å². The third-order valence-corrected chi connectivity index (χ3v) is 4.56. The van der Waals surface area contributed by atoms with Crippen molar-refractivity contribution in [1.29, 1.82) is 0 Å². The summed E-state index contributed by atoms with van der Waals surface area (Å²) in [6, 6.07) is 2.57. The van der Waals surface area contributed by atoms with Gasteiger partial charge < -0.3 is 10.1 Å². The highest BCUT2D eigenvalue weighted by Crippen LogP contribution is 2.34. The van der Waals surface area contributed by atoms with Gasteiger partial charge in [-0.3, -0.25) is 9.59 Å². The van der Waals surface area contributed by atoms with E-state index in [4.69, 9.17) is 16.3 Å². The number of hydrogen-bond donors (Lipinski definition) is 1. The molecule has 1 unspecified atom stereocenters. The number of unbranched alkanes of at least 4 members (excludes halogenated alkanes) is 1. The van der Waals surface area contributed by atoms with Crippen LogP contribution in [0.15, 0.2) is 17.0 Å². The Morgan fingerprint density at radius 1 is 1.39 bits per heavy atom. The van der Waals surface area contributed by atoms with Crippen LogP contribution in [0.25, 0.3) is 0 Å². The van der Waals surface area contributed by atoms with Gasteiger partial charge in [-0.25, -0.2) is 4.39 Å². The number of carbonyl (C=O) groups excluding carboxylic acids is 2. The number of ether oxygens (including phenoxy) is 1. The zero-order valence-electron chi connectivity index (χ0n) is 13.4. The quantitative estimate of drug-likeness (QED) is 0.416. The van der Waals surface area contributed by atoms with Crippen LogP contribution in [0.5, 0.6) is 0 Å². The molecule has 128 valence electrons. The Balaban J connectivity index is 2.80. The molecule has 0 saturated carbocycles. The van der Waals surface area contributed by atoms with Gasteiger partial charge in [0.05, 0.1) is 17.3 Å². The Bertz CT molecular complexity index is 569. The Kier molecular flexibility index (Phi) is 8.41. The van der Waals surface area contributed by atoms with E-state index in [9.17, 15) is 14.0 Å². The first-order valence-corrected chi connectivity index (χ1v) is 8.76. The SMILES string of the molecule is CCCCOC(=O)C(C)Sc1cc(NC(=O)CC)c(F)cc1Cl. The highest BCUT2D eigenvalue weighted by atomic mass is 35.5. The maximum absolute atomic E-state index is 13.8. The molecule has 0 aliphatic carbocycles. The maximum atomic E-state index is 13.8. The van der Waals surface area contributed by atoms with Gasteiger partial charge in [-0.15, -0.1) is 11.8 Å². The topological polar surface area (TPSA) is 55.4 Å². The van der Waals surface area contributed by atoms with Crippen molar-refractivity contribution in [3.05, 3.63) is 23.0 Å². The van der Waals surface area contributed by atoms with E-state index in [0.29, 0.717) is 11.5 Å². The molecule has 0 bridgehead atoms. The van der Waals surface area contributed by atoms with Crippen molar-refractivity contribution in [2.75, 3.05) is 11.9 Å². The lowest BCUT2D eigenvalue weighted by atomic mass is 10.3. The summed E-state index contributed by atoms with van der Waals surface area (Å²) in [5.74, 6) is -1.25. The summed E-state index contributed by atoms with van der Waals surface area (Å²) in [5, 5.41) is 2.18. The van der Waals surface area contributed by atoms with Crippen molar-refractivity contribution < 1.29 is 18.7 Å². The van der Waals surface area contributed by atoms with Crippen molar-refractivity contribution in [3.63, 3.8) is 0 Å². The second kappa shape index (κ2) is 9.78. The summed E-state index contributed by atoms with van der Waals surface area (Å²) in [5.41, 5.74) is 0.0512. The van der Waals surface area contributed by atoms with Crippen molar-refractivity contribution in [1.82, 2.24) is 0 Å². The largest absolute Gasteiger partial charge is 0.465 e. The number of nitrogens with one attached hydrogen (secondary N) is 1. The summed E-state index contributed by atoms with van der Waals surface area (Å²) < 4.78 is 19.0. The number of rotatable bonds is 8. The number of carbonyl (C=O) groups is 2. The molecule has 7 heteroatoms. The Hall–Kier alpha value is -1.27. The first kappa shape index (κ1) is 19.8. The van der Waals surface area contributed by atoms with Gasteiger partial charge in [0.25, 0.3) is 0 Å². The molecule has 1 aromatic rings. The molecule has 1 N–H and O–H groups in total. The summed E-state index contributed by atoms with van der Waals surface area (Å²) >= 11 is 7.19. The van der Waals surface area contributed by atoms with Gasteiger partial charge in [0, 0.05) is 11.3 Å². The van der Waals surface area contributed by atoms with Gasteiger partial charge in [0.2, 0.25) is 5.91 Å². The van der Waals surface area contributed by atoms with Crippen LogP contribution in [0.3, 0.4) is 0 Å². The number of amides is 1. The minimum absolute atomic E-state index is 0.0512. The van der Waals surface area contributed by atoms with Gasteiger partial charge in [0.1, 0.15) is 11.1 Å². The second-order valence-corrected chi connectivity index (χ2v) is 6.74. The minimum Gasteiger partial charge on any atom is -0.465 e. The standard InChI is InChI=1S/C16H21ClFNO3S/c1-4-6-7-22-16(21)10(3)23-14-9-13(19-15(20)5-2)12(18)8-11(14)17/h8-10H,4-7H2,1-3H3,(H,19,20). The third-order valence-electron chi connectivity index (χ3n) is 2.99. The molecule has 1 rings (SSSR count). The van der Waals surface area contributed by atoms with E-state index in [1.165, 1.54) is 17.8 Å². The van der Waals surface area contributed by atoms with Gasteiger partial charge in [-0.05, 0) is 25.5 Å². The average Bonchev–Trinajstić information content (AvgIpc) is 2.51. The number of thioether (sulfide) groups is 1. The van der Waals surface area contributed by atoms with E-state index < -0.39 is 11.1 Å². The van der Waals surface area contributed by atoms with Crippen LogP contribution >= 0.6 is 23.4 Å². The smallest absolute Gasteiger partial charge is 0.319 e. The fourth-order valence-electron chi connectivity index (χ4n) is 1.63.